The minimum Gasteiger partial charge on any atom is -0.494 e. The molecule has 174 valence electrons. The molecule has 1 saturated heterocycles. The standard InChI is InChI=1S/C24H33N3O4S/c1-3-31-23-10-8-21(9-11-23)19-24(28)25-12-5-17-32(29,30)27-15-13-26(14-16-27)22-7-4-6-20(2)18-22/h4,6-11,18H,3,5,12-17,19H2,1-2H3,(H,25,28). The van der Waals surface area contributed by atoms with E-state index in [1.165, 1.54) is 5.56 Å². The molecule has 2 aromatic rings. The molecule has 32 heavy (non-hydrogen) atoms. The van der Waals surface area contributed by atoms with Crippen LogP contribution in [0.4, 0.5) is 5.69 Å². The summed E-state index contributed by atoms with van der Waals surface area (Å²) in [6, 6.07) is 15.7. The summed E-state index contributed by atoms with van der Waals surface area (Å²) in [6.07, 6.45) is 0.662. The highest BCUT2D eigenvalue weighted by Crippen LogP contribution is 2.19. The van der Waals surface area contributed by atoms with E-state index in [0.717, 1.165) is 17.0 Å². The van der Waals surface area contributed by atoms with Crippen molar-refractivity contribution in [2.75, 3.05) is 50.0 Å². The van der Waals surface area contributed by atoms with E-state index in [0.29, 0.717) is 45.8 Å². The van der Waals surface area contributed by atoms with Crippen LogP contribution in [0.25, 0.3) is 0 Å². The van der Waals surface area contributed by atoms with Crippen LogP contribution in [0, 0.1) is 6.92 Å². The number of aryl methyl sites for hydroxylation is 1. The molecule has 0 aliphatic carbocycles. The average molecular weight is 460 g/mol. The van der Waals surface area contributed by atoms with Gasteiger partial charge < -0.3 is 15.0 Å². The summed E-state index contributed by atoms with van der Waals surface area (Å²) in [5.41, 5.74) is 3.23. The van der Waals surface area contributed by atoms with Crippen molar-refractivity contribution in [3.63, 3.8) is 0 Å². The number of sulfonamides is 1. The Labute approximate surface area is 191 Å². The van der Waals surface area contributed by atoms with E-state index >= 15 is 0 Å². The molecule has 8 heteroatoms. The molecule has 0 unspecified atom stereocenters. The predicted molar refractivity (Wildman–Crippen MR) is 128 cm³/mol. The Kier molecular flexibility index (Phi) is 8.53. The van der Waals surface area contributed by atoms with E-state index in [2.05, 4.69) is 35.3 Å². The van der Waals surface area contributed by atoms with E-state index < -0.39 is 10.0 Å². The van der Waals surface area contributed by atoms with Crippen molar-refractivity contribution in [3.8, 4) is 5.75 Å². The van der Waals surface area contributed by atoms with Crippen molar-refractivity contribution >= 4 is 21.6 Å². The summed E-state index contributed by atoms with van der Waals surface area (Å²) >= 11 is 0. The van der Waals surface area contributed by atoms with Gasteiger partial charge in [-0.1, -0.05) is 24.3 Å². The van der Waals surface area contributed by atoms with Gasteiger partial charge in [0, 0.05) is 38.4 Å². The number of anilines is 1. The lowest BCUT2D eigenvalue weighted by Gasteiger charge is -2.35. The van der Waals surface area contributed by atoms with Crippen molar-refractivity contribution in [1.29, 1.82) is 0 Å². The van der Waals surface area contributed by atoms with Crippen LogP contribution in [0.2, 0.25) is 0 Å². The first-order chi connectivity index (χ1) is 15.4. The highest BCUT2D eigenvalue weighted by atomic mass is 32.2. The summed E-state index contributed by atoms with van der Waals surface area (Å²) in [7, 11) is -3.32. The summed E-state index contributed by atoms with van der Waals surface area (Å²) in [5.74, 6) is 0.709. The van der Waals surface area contributed by atoms with Gasteiger partial charge in [-0.3, -0.25) is 4.79 Å². The van der Waals surface area contributed by atoms with Crippen molar-refractivity contribution in [1.82, 2.24) is 9.62 Å². The summed E-state index contributed by atoms with van der Waals surface area (Å²) < 4.78 is 32.3. The molecule has 0 radical (unpaired) electrons. The Bertz CT molecular complexity index is 985. The summed E-state index contributed by atoms with van der Waals surface area (Å²) in [5, 5.41) is 2.82. The first-order valence-electron chi connectivity index (χ1n) is 11.2. The Balaban J connectivity index is 1.37. The predicted octanol–water partition coefficient (Wildman–Crippen LogP) is 2.59. The first kappa shape index (κ1) is 24.1. The van der Waals surface area contributed by atoms with Gasteiger partial charge in [0.2, 0.25) is 15.9 Å². The maximum absolute atomic E-state index is 12.7. The fourth-order valence-corrected chi connectivity index (χ4v) is 5.27. The van der Waals surface area contributed by atoms with Crippen molar-refractivity contribution < 1.29 is 17.9 Å². The third-order valence-electron chi connectivity index (χ3n) is 5.50. The number of hydrogen-bond acceptors (Lipinski definition) is 5. The monoisotopic (exact) mass is 459 g/mol. The van der Waals surface area contributed by atoms with E-state index in [-0.39, 0.29) is 18.1 Å². The molecule has 1 aliphatic heterocycles. The Hall–Kier alpha value is -2.58. The molecule has 0 bridgehead atoms. The molecule has 0 aromatic heterocycles. The second kappa shape index (κ2) is 11.3. The van der Waals surface area contributed by atoms with Crippen LogP contribution in [0.5, 0.6) is 5.75 Å². The van der Waals surface area contributed by atoms with E-state index in [4.69, 9.17) is 4.74 Å². The highest BCUT2D eigenvalue weighted by Gasteiger charge is 2.26. The maximum Gasteiger partial charge on any atom is 0.224 e. The van der Waals surface area contributed by atoms with Crippen molar-refractivity contribution in [2.24, 2.45) is 0 Å². The lowest BCUT2D eigenvalue weighted by atomic mass is 10.1. The summed E-state index contributed by atoms with van der Waals surface area (Å²) in [6.45, 7) is 7.27. The molecule has 0 saturated carbocycles. The smallest absolute Gasteiger partial charge is 0.224 e. The highest BCUT2D eigenvalue weighted by molar-refractivity contribution is 7.89. The number of hydrogen-bond donors (Lipinski definition) is 1. The van der Waals surface area contributed by atoms with E-state index in [1.807, 2.05) is 37.3 Å². The van der Waals surface area contributed by atoms with Crippen LogP contribution < -0.4 is 15.0 Å². The van der Waals surface area contributed by atoms with Gasteiger partial charge in [-0.15, -0.1) is 0 Å². The largest absolute Gasteiger partial charge is 0.494 e. The maximum atomic E-state index is 12.7. The second-order valence-corrected chi connectivity index (χ2v) is 10.1. The van der Waals surface area contributed by atoms with Gasteiger partial charge in [-0.05, 0) is 55.7 Å². The molecule has 1 amide bonds. The minimum atomic E-state index is -3.32. The second-order valence-electron chi connectivity index (χ2n) is 8.00. The van der Waals surface area contributed by atoms with Crippen molar-refractivity contribution in [3.05, 3.63) is 59.7 Å². The number of rotatable bonds is 10. The Morgan fingerprint density at radius 3 is 2.44 bits per heavy atom. The molecular formula is C24H33N3O4S. The van der Waals surface area contributed by atoms with Crippen LogP contribution in [0.15, 0.2) is 48.5 Å². The van der Waals surface area contributed by atoms with Crippen LogP contribution >= 0.6 is 0 Å². The normalized spacial score (nSPS) is 14.9. The zero-order valence-corrected chi connectivity index (χ0v) is 19.7. The van der Waals surface area contributed by atoms with Gasteiger partial charge in [0.15, 0.2) is 0 Å². The van der Waals surface area contributed by atoms with Crippen LogP contribution in [-0.2, 0) is 21.2 Å². The van der Waals surface area contributed by atoms with Gasteiger partial charge in [0.05, 0.1) is 18.8 Å². The molecule has 7 nitrogen and oxygen atoms in total. The van der Waals surface area contributed by atoms with Gasteiger partial charge in [0.25, 0.3) is 0 Å². The molecule has 0 atom stereocenters. The van der Waals surface area contributed by atoms with Crippen LogP contribution in [0.1, 0.15) is 24.5 Å². The quantitative estimate of drug-likeness (QED) is 0.553. The number of benzene rings is 2. The topological polar surface area (TPSA) is 78.9 Å². The molecule has 2 aromatic carbocycles. The Morgan fingerprint density at radius 2 is 1.78 bits per heavy atom. The molecule has 3 rings (SSSR count). The minimum absolute atomic E-state index is 0.0424. The lowest BCUT2D eigenvalue weighted by molar-refractivity contribution is -0.120. The Morgan fingerprint density at radius 1 is 1.06 bits per heavy atom. The molecule has 1 N–H and O–H groups in total. The first-order valence-corrected chi connectivity index (χ1v) is 12.8. The molecular weight excluding hydrogens is 426 g/mol. The van der Waals surface area contributed by atoms with Gasteiger partial charge in [-0.25, -0.2) is 8.42 Å². The van der Waals surface area contributed by atoms with Crippen molar-refractivity contribution in [2.45, 2.75) is 26.7 Å². The summed E-state index contributed by atoms with van der Waals surface area (Å²) in [4.78, 5) is 14.4. The number of amides is 1. The number of carbonyl (C=O) groups excluding carboxylic acids is 1. The fourth-order valence-electron chi connectivity index (χ4n) is 3.78. The third-order valence-corrected chi connectivity index (χ3v) is 7.46. The molecule has 1 heterocycles. The van der Waals surface area contributed by atoms with E-state index in [1.54, 1.807) is 4.31 Å². The number of nitrogens with zero attached hydrogens (tertiary/aromatic N) is 2. The number of piperazine rings is 1. The molecule has 1 aliphatic rings. The molecule has 0 spiro atoms. The zero-order chi connectivity index (χ0) is 23.0. The average Bonchev–Trinajstić information content (AvgIpc) is 2.78. The van der Waals surface area contributed by atoms with E-state index in [9.17, 15) is 13.2 Å². The molecule has 1 fully saturated rings. The number of nitrogens with one attached hydrogen (secondary N) is 1. The third kappa shape index (κ3) is 6.97. The lowest BCUT2D eigenvalue weighted by Crippen LogP contribution is -2.49. The number of ether oxygens (including phenoxy) is 1. The SMILES string of the molecule is CCOc1ccc(CC(=O)NCCCS(=O)(=O)N2CCN(c3cccc(C)c3)CC2)cc1. The van der Waals surface area contributed by atoms with Crippen LogP contribution in [0.3, 0.4) is 0 Å². The van der Waals surface area contributed by atoms with Gasteiger partial charge in [0.1, 0.15) is 5.75 Å². The van der Waals surface area contributed by atoms with Gasteiger partial charge in [-0.2, -0.15) is 4.31 Å². The zero-order valence-electron chi connectivity index (χ0n) is 18.9. The van der Waals surface area contributed by atoms with Gasteiger partial charge >= 0.3 is 0 Å². The van der Waals surface area contributed by atoms with Crippen LogP contribution in [-0.4, -0.2) is 63.7 Å². The number of carbonyl (C=O) groups is 1. The fraction of sp³-hybridized carbons (Fsp3) is 0.458.